The summed E-state index contributed by atoms with van der Waals surface area (Å²) in [7, 11) is 0. The average Bonchev–Trinajstić information content (AvgIpc) is 3.21. The summed E-state index contributed by atoms with van der Waals surface area (Å²) < 4.78 is 0. The fourth-order valence-electron chi connectivity index (χ4n) is 2.81. The molecule has 0 aliphatic carbocycles. The van der Waals surface area contributed by atoms with E-state index in [0.717, 1.165) is 41.3 Å². The number of likely N-dealkylation sites (tertiary alicyclic amines) is 1. The molecule has 0 radical (unpaired) electrons. The molecule has 3 amide bonds. The van der Waals surface area contributed by atoms with Crippen LogP contribution in [0.25, 0.3) is 11.3 Å². The maximum absolute atomic E-state index is 11.9. The summed E-state index contributed by atoms with van der Waals surface area (Å²) in [5.41, 5.74) is 2.73. The van der Waals surface area contributed by atoms with Crippen LogP contribution in [0.4, 0.5) is 10.5 Å². The lowest BCUT2D eigenvalue weighted by atomic mass is 10.1. The second kappa shape index (κ2) is 8.11. The Morgan fingerprint density at radius 1 is 1.32 bits per heavy atom. The number of aromatic nitrogens is 1. The molecule has 25 heavy (non-hydrogen) atoms. The van der Waals surface area contributed by atoms with Crippen LogP contribution < -0.4 is 10.6 Å². The van der Waals surface area contributed by atoms with Gasteiger partial charge in [0, 0.05) is 42.7 Å². The van der Waals surface area contributed by atoms with Crippen LogP contribution in [0.3, 0.4) is 0 Å². The van der Waals surface area contributed by atoms with Gasteiger partial charge >= 0.3 is 6.03 Å². The van der Waals surface area contributed by atoms with Gasteiger partial charge in [0.2, 0.25) is 5.91 Å². The third-order valence-electron chi connectivity index (χ3n) is 4.12. The van der Waals surface area contributed by atoms with Gasteiger partial charge in [0.05, 0.1) is 10.7 Å². The highest BCUT2D eigenvalue weighted by Crippen LogP contribution is 2.23. The highest BCUT2D eigenvalue weighted by molar-refractivity contribution is 7.09. The molecule has 1 aliphatic heterocycles. The van der Waals surface area contributed by atoms with Gasteiger partial charge in [-0.1, -0.05) is 12.1 Å². The number of thiazole rings is 1. The van der Waals surface area contributed by atoms with Crippen LogP contribution in [0, 0.1) is 6.92 Å². The topological polar surface area (TPSA) is 74.3 Å². The lowest BCUT2D eigenvalue weighted by molar-refractivity contribution is -0.127. The summed E-state index contributed by atoms with van der Waals surface area (Å²) >= 11 is 1.62. The molecule has 7 heteroatoms. The third-order valence-corrected chi connectivity index (χ3v) is 4.89. The smallest absolute Gasteiger partial charge is 0.319 e. The Hall–Kier alpha value is -2.41. The van der Waals surface area contributed by atoms with E-state index >= 15 is 0 Å². The zero-order valence-electron chi connectivity index (χ0n) is 14.2. The number of urea groups is 1. The van der Waals surface area contributed by atoms with E-state index in [1.807, 2.05) is 41.5 Å². The van der Waals surface area contributed by atoms with Crippen molar-refractivity contribution in [2.24, 2.45) is 0 Å². The molecule has 0 unspecified atom stereocenters. The minimum Gasteiger partial charge on any atom is -0.343 e. The van der Waals surface area contributed by atoms with Gasteiger partial charge in [-0.25, -0.2) is 9.78 Å². The normalized spacial score (nSPS) is 14.0. The average molecular weight is 358 g/mol. The van der Waals surface area contributed by atoms with E-state index < -0.39 is 0 Å². The summed E-state index contributed by atoms with van der Waals surface area (Å²) in [6.07, 6.45) is 2.37. The molecule has 1 saturated heterocycles. The molecule has 3 rings (SSSR count). The Labute approximate surface area is 151 Å². The zero-order valence-corrected chi connectivity index (χ0v) is 15.1. The van der Waals surface area contributed by atoms with Gasteiger partial charge in [0.1, 0.15) is 0 Å². The molecule has 0 saturated carbocycles. The summed E-state index contributed by atoms with van der Waals surface area (Å²) in [5, 5.41) is 8.69. The molecule has 1 fully saturated rings. The number of anilines is 1. The molecular weight excluding hydrogens is 336 g/mol. The molecule has 2 heterocycles. The molecule has 2 N–H and O–H groups in total. The van der Waals surface area contributed by atoms with Crippen molar-refractivity contribution in [3.05, 3.63) is 34.7 Å². The van der Waals surface area contributed by atoms with Crippen molar-refractivity contribution >= 4 is 29.0 Å². The number of nitrogens with zero attached hydrogens (tertiary/aromatic N) is 2. The van der Waals surface area contributed by atoms with Crippen molar-refractivity contribution in [1.29, 1.82) is 0 Å². The van der Waals surface area contributed by atoms with Gasteiger partial charge in [-0.15, -0.1) is 11.3 Å². The Kier molecular flexibility index (Phi) is 5.65. The minimum atomic E-state index is -0.231. The zero-order chi connectivity index (χ0) is 17.6. The Morgan fingerprint density at radius 2 is 2.12 bits per heavy atom. The first kappa shape index (κ1) is 17.4. The number of hydrogen-bond acceptors (Lipinski definition) is 4. The van der Waals surface area contributed by atoms with Crippen LogP contribution in [0.5, 0.6) is 0 Å². The molecule has 1 aromatic carbocycles. The van der Waals surface area contributed by atoms with Gasteiger partial charge < -0.3 is 15.5 Å². The first-order valence-electron chi connectivity index (χ1n) is 8.47. The van der Waals surface area contributed by atoms with Crippen LogP contribution in [0.1, 0.15) is 24.3 Å². The first-order valence-corrected chi connectivity index (χ1v) is 9.35. The second-order valence-electron chi connectivity index (χ2n) is 6.05. The second-order valence-corrected chi connectivity index (χ2v) is 7.11. The number of amides is 3. The lowest BCUT2D eigenvalue weighted by Gasteiger charge is -2.15. The van der Waals surface area contributed by atoms with Gasteiger partial charge in [0.25, 0.3) is 0 Å². The molecule has 6 nitrogen and oxygen atoms in total. The fourth-order valence-corrected chi connectivity index (χ4v) is 3.43. The van der Waals surface area contributed by atoms with Crippen LogP contribution in [0.15, 0.2) is 29.6 Å². The number of benzene rings is 1. The van der Waals surface area contributed by atoms with Gasteiger partial charge in [-0.2, -0.15) is 0 Å². The van der Waals surface area contributed by atoms with Crippen LogP contribution in [0.2, 0.25) is 0 Å². The largest absolute Gasteiger partial charge is 0.343 e. The maximum Gasteiger partial charge on any atom is 0.319 e. The quantitative estimate of drug-likeness (QED) is 0.779. The van der Waals surface area contributed by atoms with E-state index in [0.29, 0.717) is 19.5 Å². The van der Waals surface area contributed by atoms with Crippen LogP contribution in [-0.2, 0) is 4.79 Å². The molecular formula is C18H22N4O2S. The van der Waals surface area contributed by atoms with Gasteiger partial charge in [-0.05, 0) is 31.9 Å². The molecule has 0 atom stereocenters. The highest BCUT2D eigenvalue weighted by atomic mass is 32.1. The van der Waals surface area contributed by atoms with Crippen LogP contribution >= 0.6 is 11.3 Å². The number of aryl methyl sites for hydroxylation is 1. The lowest BCUT2D eigenvalue weighted by Crippen LogP contribution is -2.32. The Bertz CT molecular complexity index is 742. The Balaban J connectivity index is 1.41. The highest BCUT2D eigenvalue weighted by Gasteiger charge is 2.18. The van der Waals surface area contributed by atoms with Crippen LogP contribution in [-0.4, -0.2) is 41.5 Å². The van der Waals surface area contributed by atoms with Crippen molar-refractivity contribution in [1.82, 2.24) is 15.2 Å². The molecule has 132 valence electrons. The van der Waals surface area contributed by atoms with E-state index in [4.69, 9.17) is 0 Å². The molecule has 1 aliphatic rings. The third kappa shape index (κ3) is 4.79. The molecule has 2 aromatic rings. The predicted octanol–water partition coefficient (Wildman–Crippen LogP) is 3.25. The fraction of sp³-hybridized carbons (Fsp3) is 0.389. The summed E-state index contributed by atoms with van der Waals surface area (Å²) in [4.78, 5) is 29.7. The predicted molar refractivity (Wildman–Crippen MR) is 99.7 cm³/mol. The van der Waals surface area contributed by atoms with E-state index in [1.54, 1.807) is 11.3 Å². The summed E-state index contributed by atoms with van der Waals surface area (Å²) in [5.74, 6) is 0.222. The Morgan fingerprint density at radius 3 is 2.76 bits per heavy atom. The molecule has 0 spiro atoms. The van der Waals surface area contributed by atoms with Gasteiger partial charge in [0.15, 0.2) is 0 Å². The van der Waals surface area contributed by atoms with Crippen molar-refractivity contribution in [3.8, 4) is 11.3 Å². The number of carbonyl (C=O) groups is 2. The van der Waals surface area contributed by atoms with Crippen molar-refractivity contribution < 1.29 is 9.59 Å². The van der Waals surface area contributed by atoms with Gasteiger partial charge in [-0.3, -0.25) is 4.79 Å². The van der Waals surface area contributed by atoms with Crippen molar-refractivity contribution in [2.75, 3.05) is 25.0 Å². The number of hydrogen-bond donors (Lipinski definition) is 2. The van der Waals surface area contributed by atoms with E-state index in [-0.39, 0.29) is 11.9 Å². The first-order chi connectivity index (χ1) is 12.1. The van der Waals surface area contributed by atoms with E-state index in [1.165, 1.54) is 0 Å². The molecule has 1 aromatic heterocycles. The summed E-state index contributed by atoms with van der Waals surface area (Å²) in [6.45, 7) is 4.08. The number of nitrogens with one attached hydrogen (secondary N) is 2. The van der Waals surface area contributed by atoms with E-state index in [2.05, 4.69) is 15.6 Å². The SMILES string of the molecule is Cc1nc(-c2ccc(NC(=O)NCCCN3CCCC3=O)cc2)cs1. The maximum atomic E-state index is 11.9. The minimum absolute atomic E-state index is 0.222. The number of rotatable bonds is 6. The standard InChI is InChI=1S/C18H22N4O2S/c1-13-20-16(12-25-13)14-5-7-15(8-6-14)21-18(24)19-9-3-11-22-10-2-4-17(22)23/h5-8,12H,2-4,9-11H2,1H3,(H2,19,21,24). The van der Waals surface area contributed by atoms with Crippen molar-refractivity contribution in [3.63, 3.8) is 0 Å². The van der Waals surface area contributed by atoms with Crippen molar-refractivity contribution in [2.45, 2.75) is 26.2 Å². The van der Waals surface area contributed by atoms with E-state index in [9.17, 15) is 9.59 Å². The molecule has 0 bridgehead atoms. The monoisotopic (exact) mass is 358 g/mol. The number of carbonyl (C=O) groups excluding carboxylic acids is 2. The summed E-state index contributed by atoms with van der Waals surface area (Å²) in [6, 6.07) is 7.40.